The van der Waals surface area contributed by atoms with Crippen LogP contribution in [0.5, 0.6) is 0 Å². The summed E-state index contributed by atoms with van der Waals surface area (Å²) in [6.07, 6.45) is 5.49. The molecule has 1 aromatic carbocycles. The zero-order valence-corrected chi connectivity index (χ0v) is 12.0. The van der Waals surface area contributed by atoms with E-state index in [4.69, 9.17) is 0 Å². The lowest BCUT2D eigenvalue weighted by Gasteiger charge is -2.27. The highest BCUT2D eigenvalue weighted by Gasteiger charge is 2.29. The summed E-state index contributed by atoms with van der Waals surface area (Å²) < 4.78 is 1.09. The third-order valence-corrected chi connectivity index (χ3v) is 4.93. The van der Waals surface area contributed by atoms with Gasteiger partial charge in [0.15, 0.2) is 5.13 Å². The van der Waals surface area contributed by atoms with Crippen molar-refractivity contribution in [1.82, 2.24) is 4.98 Å². The Morgan fingerprint density at radius 3 is 2.75 bits per heavy atom. The molecular formula is C15H18N2O2S. The number of nitrogens with zero attached hydrogens (tertiary/aromatic N) is 1. The Bertz CT molecular complexity index is 572. The number of hydrogen-bond acceptors (Lipinski definition) is 4. The quantitative estimate of drug-likeness (QED) is 0.900. The molecule has 2 N–H and O–H groups in total. The van der Waals surface area contributed by atoms with Crippen molar-refractivity contribution in [2.75, 3.05) is 5.32 Å². The molecule has 0 aliphatic heterocycles. The van der Waals surface area contributed by atoms with E-state index in [0.29, 0.717) is 5.13 Å². The third-order valence-electron chi connectivity index (χ3n) is 3.96. The second-order valence-corrected chi connectivity index (χ2v) is 6.38. The Labute approximate surface area is 121 Å². The fraction of sp³-hybridized carbons (Fsp3) is 0.467. The highest BCUT2D eigenvalue weighted by atomic mass is 32.1. The highest BCUT2D eigenvalue weighted by Crippen LogP contribution is 2.31. The van der Waals surface area contributed by atoms with Gasteiger partial charge in [0.25, 0.3) is 0 Å². The van der Waals surface area contributed by atoms with Gasteiger partial charge in [-0.25, -0.2) is 9.78 Å². The topological polar surface area (TPSA) is 62.2 Å². The average Bonchev–Trinajstić information content (AvgIpc) is 2.88. The number of fused-ring (bicyclic) bond motifs is 1. The lowest BCUT2D eigenvalue weighted by Crippen LogP contribution is -2.37. The van der Waals surface area contributed by atoms with E-state index in [2.05, 4.69) is 10.3 Å². The van der Waals surface area contributed by atoms with E-state index < -0.39 is 12.0 Å². The Morgan fingerprint density at radius 1 is 1.30 bits per heavy atom. The predicted octanol–water partition coefficient (Wildman–Crippen LogP) is 3.74. The fourth-order valence-corrected chi connectivity index (χ4v) is 3.82. The molecule has 106 valence electrons. The Hall–Kier alpha value is -1.62. The number of anilines is 1. The summed E-state index contributed by atoms with van der Waals surface area (Å²) in [4.78, 5) is 16.0. The lowest BCUT2D eigenvalue weighted by molar-refractivity contribution is -0.139. The summed E-state index contributed by atoms with van der Waals surface area (Å²) in [5.74, 6) is -0.551. The van der Waals surface area contributed by atoms with Gasteiger partial charge < -0.3 is 10.4 Å². The first-order valence-corrected chi connectivity index (χ1v) is 7.90. The summed E-state index contributed by atoms with van der Waals surface area (Å²) >= 11 is 1.52. The van der Waals surface area contributed by atoms with Crippen molar-refractivity contribution in [3.05, 3.63) is 24.3 Å². The van der Waals surface area contributed by atoms with Crippen molar-refractivity contribution in [2.45, 2.75) is 38.1 Å². The molecule has 4 nitrogen and oxygen atoms in total. The standard InChI is InChI=1S/C15H18N2O2S/c18-14(19)13(10-6-2-1-3-7-10)17-15-16-11-8-4-5-9-12(11)20-15/h4-5,8-10,13H,1-3,6-7H2,(H,16,17)(H,18,19). The Morgan fingerprint density at radius 2 is 2.05 bits per heavy atom. The summed E-state index contributed by atoms with van der Waals surface area (Å²) in [5, 5.41) is 13.3. The van der Waals surface area contributed by atoms with Crippen LogP contribution in [-0.2, 0) is 4.79 Å². The molecule has 0 amide bonds. The Kier molecular flexibility index (Phi) is 3.87. The van der Waals surface area contributed by atoms with Crippen LogP contribution in [0.25, 0.3) is 10.2 Å². The van der Waals surface area contributed by atoms with Gasteiger partial charge in [0, 0.05) is 0 Å². The zero-order valence-electron chi connectivity index (χ0n) is 11.2. The first-order valence-electron chi connectivity index (χ1n) is 7.09. The minimum atomic E-state index is -0.767. The number of aliphatic carboxylic acids is 1. The molecule has 0 radical (unpaired) electrons. The molecule has 1 aromatic heterocycles. The largest absolute Gasteiger partial charge is 0.480 e. The van der Waals surface area contributed by atoms with Crippen molar-refractivity contribution in [3.63, 3.8) is 0 Å². The van der Waals surface area contributed by atoms with Crippen molar-refractivity contribution in [1.29, 1.82) is 0 Å². The molecule has 0 saturated heterocycles. The molecule has 1 atom stereocenters. The van der Waals surface area contributed by atoms with Crippen LogP contribution in [0.4, 0.5) is 5.13 Å². The molecule has 1 fully saturated rings. The van der Waals surface area contributed by atoms with Crippen LogP contribution in [-0.4, -0.2) is 22.1 Å². The van der Waals surface area contributed by atoms with Gasteiger partial charge in [0.05, 0.1) is 10.2 Å². The Balaban J connectivity index is 1.80. The number of rotatable bonds is 4. The predicted molar refractivity (Wildman–Crippen MR) is 81.2 cm³/mol. The van der Waals surface area contributed by atoms with Gasteiger partial charge in [-0.3, -0.25) is 0 Å². The van der Waals surface area contributed by atoms with E-state index in [0.717, 1.165) is 35.9 Å². The number of carbonyl (C=O) groups is 1. The van der Waals surface area contributed by atoms with Crippen molar-refractivity contribution >= 4 is 32.7 Å². The monoisotopic (exact) mass is 290 g/mol. The second-order valence-electron chi connectivity index (χ2n) is 5.35. The number of aromatic nitrogens is 1. The van der Waals surface area contributed by atoms with Crippen LogP contribution in [0.15, 0.2) is 24.3 Å². The van der Waals surface area contributed by atoms with Gasteiger partial charge in [-0.15, -0.1) is 0 Å². The van der Waals surface area contributed by atoms with Gasteiger partial charge in [0.2, 0.25) is 0 Å². The number of nitrogens with one attached hydrogen (secondary N) is 1. The van der Waals surface area contributed by atoms with E-state index in [9.17, 15) is 9.90 Å². The number of carboxylic acids is 1. The molecule has 0 bridgehead atoms. The van der Waals surface area contributed by atoms with Crippen molar-refractivity contribution < 1.29 is 9.90 Å². The van der Waals surface area contributed by atoms with Crippen molar-refractivity contribution in [3.8, 4) is 0 Å². The molecule has 0 spiro atoms. The third kappa shape index (κ3) is 2.77. The van der Waals surface area contributed by atoms with Crippen LogP contribution in [0.1, 0.15) is 32.1 Å². The maximum atomic E-state index is 11.5. The molecular weight excluding hydrogens is 272 g/mol. The van der Waals surface area contributed by atoms with E-state index in [-0.39, 0.29) is 5.92 Å². The molecule has 1 unspecified atom stereocenters. The number of thiazole rings is 1. The summed E-state index contributed by atoms with van der Waals surface area (Å²) in [6.45, 7) is 0. The van der Waals surface area contributed by atoms with Crippen LogP contribution < -0.4 is 5.32 Å². The first-order chi connectivity index (χ1) is 9.74. The number of benzene rings is 1. The van der Waals surface area contributed by atoms with Crippen molar-refractivity contribution in [2.24, 2.45) is 5.92 Å². The number of hydrogen-bond donors (Lipinski definition) is 2. The van der Waals surface area contributed by atoms with Crippen LogP contribution in [0.3, 0.4) is 0 Å². The normalized spacial score (nSPS) is 18.0. The van der Waals surface area contributed by atoms with Gasteiger partial charge >= 0.3 is 5.97 Å². The molecule has 1 aliphatic rings. The summed E-state index contributed by atoms with van der Waals surface area (Å²) in [5.41, 5.74) is 0.924. The summed E-state index contributed by atoms with van der Waals surface area (Å²) in [7, 11) is 0. The van der Waals surface area contributed by atoms with E-state index in [1.807, 2.05) is 24.3 Å². The van der Waals surface area contributed by atoms with Crippen LogP contribution in [0.2, 0.25) is 0 Å². The van der Waals surface area contributed by atoms with E-state index >= 15 is 0 Å². The molecule has 1 saturated carbocycles. The molecule has 1 heterocycles. The smallest absolute Gasteiger partial charge is 0.326 e. The molecule has 20 heavy (non-hydrogen) atoms. The zero-order chi connectivity index (χ0) is 13.9. The SMILES string of the molecule is O=C(O)C(Nc1nc2ccccc2s1)C1CCCCC1. The fourth-order valence-electron chi connectivity index (χ4n) is 2.92. The number of para-hydroxylation sites is 1. The van der Waals surface area contributed by atoms with Gasteiger partial charge in [-0.2, -0.15) is 0 Å². The highest BCUT2D eigenvalue weighted by molar-refractivity contribution is 7.22. The second kappa shape index (κ2) is 5.79. The van der Waals surface area contributed by atoms with Crippen LogP contribution in [0, 0.1) is 5.92 Å². The molecule has 2 aromatic rings. The maximum absolute atomic E-state index is 11.5. The summed E-state index contributed by atoms with van der Waals surface area (Å²) in [6, 6.07) is 7.36. The molecule has 3 rings (SSSR count). The van der Waals surface area contributed by atoms with Gasteiger partial charge in [-0.1, -0.05) is 42.7 Å². The van der Waals surface area contributed by atoms with Crippen LogP contribution >= 0.6 is 11.3 Å². The lowest BCUT2D eigenvalue weighted by atomic mass is 9.84. The minimum Gasteiger partial charge on any atom is -0.480 e. The first kappa shape index (κ1) is 13.4. The van der Waals surface area contributed by atoms with Gasteiger partial charge in [-0.05, 0) is 30.9 Å². The molecule has 1 aliphatic carbocycles. The maximum Gasteiger partial charge on any atom is 0.326 e. The molecule has 5 heteroatoms. The van der Waals surface area contributed by atoms with E-state index in [1.54, 1.807) is 0 Å². The average molecular weight is 290 g/mol. The van der Waals surface area contributed by atoms with Gasteiger partial charge in [0.1, 0.15) is 6.04 Å². The van der Waals surface area contributed by atoms with E-state index in [1.165, 1.54) is 17.8 Å². The number of carboxylic acid groups (broad SMARTS) is 1. The minimum absolute atomic E-state index is 0.216.